The molecule has 0 spiro atoms. The van der Waals surface area contributed by atoms with Crippen molar-refractivity contribution in [1.82, 2.24) is 10.2 Å². The summed E-state index contributed by atoms with van der Waals surface area (Å²) in [4.78, 5) is 1.97. The van der Waals surface area contributed by atoms with Gasteiger partial charge in [0, 0.05) is 36.1 Å². The Labute approximate surface area is 136 Å². The maximum Gasteiger partial charge on any atom is 0.142 e. The molecule has 1 aromatic carbocycles. The van der Waals surface area contributed by atoms with E-state index in [-0.39, 0.29) is 6.04 Å². The highest BCUT2D eigenvalue weighted by atomic mass is 35.5. The van der Waals surface area contributed by atoms with E-state index in [1.54, 1.807) is 6.07 Å². The number of aliphatic hydroxyl groups is 1. The topological polar surface area (TPSA) is 44.7 Å². The van der Waals surface area contributed by atoms with Crippen LogP contribution in [0.3, 0.4) is 0 Å². The summed E-state index contributed by atoms with van der Waals surface area (Å²) in [7, 11) is 3.88. The fraction of sp³-hybridized carbons (Fsp3) is 0.600. The highest BCUT2D eigenvalue weighted by molar-refractivity contribution is 6.35. The zero-order valence-electron chi connectivity index (χ0n) is 12.6. The number of nitrogens with one attached hydrogen (secondary N) is 1. The molecule has 4 nitrogen and oxygen atoms in total. The van der Waals surface area contributed by atoms with Crippen LogP contribution in [0.25, 0.3) is 0 Å². The highest BCUT2D eigenvalue weighted by Gasteiger charge is 2.27. The number of fused-ring (bicyclic) bond motifs is 1. The zero-order valence-corrected chi connectivity index (χ0v) is 14.1. The number of ether oxygens (including phenoxy) is 1. The summed E-state index contributed by atoms with van der Waals surface area (Å²) in [6.45, 7) is 3.50. The van der Waals surface area contributed by atoms with E-state index in [0.29, 0.717) is 35.5 Å². The molecule has 2 N–H and O–H groups in total. The van der Waals surface area contributed by atoms with E-state index in [9.17, 15) is 5.11 Å². The molecule has 1 aliphatic heterocycles. The molecule has 1 aromatic rings. The molecule has 0 aliphatic carbocycles. The average molecular weight is 333 g/mol. The van der Waals surface area contributed by atoms with Gasteiger partial charge in [-0.15, -0.1) is 0 Å². The fourth-order valence-electron chi connectivity index (χ4n) is 2.72. The Kier molecular flexibility index (Phi) is 5.38. The predicted molar refractivity (Wildman–Crippen MR) is 86.5 cm³/mol. The first-order valence-corrected chi connectivity index (χ1v) is 7.76. The fourth-order valence-corrected chi connectivity index (χ4v) is 3.28. The van der Waals surface area contributed by atoms with Crippen LogP contribution in [-0.4, -0.2) is 49.4 Å². The molecule has 6 heteroatoms. The third-order valence-corrected chi connectivity index (χ3v) is 3.95. The molecule has 1 aliphatic rings. The van der Waals surface area contributed by atoms with Crippen molar-refractivity contribution >= 4 is 23.2 Å². The third kappa shape index (κ3) is 4.47. The van der Waals surface area contributed by atoms with E-state index in [4.69, 9.17) is 27.9 Å². The van der Waals surface area contributed by atoms with Crippen molar-refractivity contribution in [2.45, 2.75) is 25.0 Å². The van der Waals surface area contributed by atoms with Crippen LogP contribution in [0.15, 0.2) is 12.1 Å². The van der Waals surface area contributed by atoms with E-state index >= 15 is 0 Å². The summed E-state index contributed by atoms with van der Waals surface area (Å²) in [6.07, 6.45) is 0.821. The first-order valence-electron chi connectivity index (χ1n) is 7.01. The normalized spacial score (nSPS) is 20.8. The highest BCUT2D eigenvalue weighted by Crippen LogP contribution is 2.39. The molecule has 0 saturated carbocycles. The Balaban J connectivity index is 2.10. The van der Waals surface area contributed by atoms with Gasteiger partial charge in [-0.2, -0.15) is 0 Å². The third-order valence-electron chi connectivity index (χ3n) is 3.45. The van der Waals surface area contributed by atoms with Gasteiger partial charge >= 0.3 is 0 Å². The van der Waals surface area contributed by atoms with Gasteiger partial charge < -0.3 is 20.1 Å². The smallest absolute Gasteiger partial charge is 0.142 e. The number of benzene rings is 1. The molecular weight excluding hydrogens is 311 g/mol. The number of hydrogen-bond donors (Lipinski definition) is 2. The number of halogens is 2. The zero-order chi connectivity index (χ0) is 15.6. The van der Waals surface area contributed by atoms with Crippen LogP contribution in [0.5, 0.6) is 5.75 Å². The quantitative estimate of drug-likeness (QED) is 0.870. The minimum Gasteiger partial charge on any atom is -0.492 e. The number of hydrogen-bond acceptors (Lipinski definition) is 4. The number of likely N-dealkylation sites (N-methyl/N-ethyl adjacent to an activating group) is 1. The second kappa shape index (κ2) is 6.71. The second-order valence-electron chi connectivity index (χ2n) is 6.11. The van der Waals surface area contributed by atoms with Crippen molar-refractivity contribution in [3.63, 3.8) is 0 Å². The molecule has 2 unspecified atom stereocenters. The minimum absolute atomic E-state index is 0.0820. The lowest BCUT2D eigenvalue weighted by atomic mass is 9.98. The van der Waals surface area contributed by atoms with Crippen molar-refractivity contribution < 1.29 is 9.84 Å². The Morgan fingerprint density at radius 3 is 2.81 bits per heavy atom. The Morgan fingerprint density at radius 1 is 1.43 bits per heavy atom. The maximum atomic E-state index is 10.4. The van der Waals surface area contributed by atoms with Crippen molar-refractivity contribution in [1.29, 1.82) is 0 Å². The summed E-state index contributed by atoms with van der Waals surface area (Å²) in [5.74, 6) is 0.692. The molecule has 21 heavy (non-hydrogen) atoms. The molecule has 0 saturated heterocycles. The maximum absolute atomic E-state index is 10.4. The monoisotopic (exact) mass is 332 g/mol. The Hall–Kier alpha value is -0.520. The summed E-state index contributed by atoms with van der Waals surface area (Å²) >= 11 is 12.3. The van der Waals surface area contributed by atoms with Crippen LogP contribution in [-0.2, 0) is 0 Å². The second-order valence-corrected chi connectivity index (χ2v) is 6.95. The van der Waals surface area contributed by atoms with Gasteiger partial charge in [-0.25, -0.2) is 0 Å². The van der Waals surface area contributed by atoms with Gasteiger partial charge in [-0.3, -0.25) is 0 Å². The molecule has 0 aromatic heterocycles. The van der Waals surface area contributed by atoms with Gasteiger partial charge in [0.05, 0.1) is 17.2 Å². The Morgan fingerprint density at radius 2 is 2.14 bits per heavy atom. The first-order chi connectivity index (χ1) is 9.78. The molecular formula is C15H22Cl2N2O2. The van der Waals surface area contributed by atoms with E-state index < -0.39 is 5.60 Å². The van der Waals surface area contributed by atoms with Crippen LogP contribution < -0.4 is 10.1 Å². The average Bonchev–Trinajstić information content (AvgIpc) is 2.35. The first kappa shape index (κ1) is 16.8. The predicted octanol–water partition coefficient (Wildman–Crippen LogP) is 2.72. The van der Waals surface area contributed by atoms with Crippen LogP contribution in [0.2, 0.25) is 10.0 Å². The van der Waals surface area contributed by atoms with E-state index in [2.05, 4.69) is 5.32 Å². The van der Waals surface area contributed by atoms with Gasteiger partial charge in [0.1, 0.15) is 5.75 Å². The lowest BCUT2D eigenvalue weighted by molar-refractivity contribution is 0.0299. The van der Waals surface area contributed by atoms with E-state index in [0.717, 1.165) is 12.0 Å². The van der Waals surface area contributed by atoms with Crippen LogP contribution >= 0.6 is 23.2 Å². The molecule has 2 atom stereocenters. The molecule has 2 rings (SSSR count). The van der Waals surface area contributed by atoms with Crippen LogP contribution in [0.4, 0.5) is 0 Å². The van der Waals surface area contributed by atoms with Gasteiger partial charge in [-0.05, 0) is 33.2 Å². The van der Waals surface area contributed by atoms with Crippen LogP contribution in [0.1, 0.15) is 24.9 Å². The standard InChI is InChI=1S/C15H22Cl2N2O2/c1-15(20,9-19(2)3)8-18-13-4-5-21-14-11(13)6-10(16)7-12(14)17/h6-7,13,18,20H,4-5,8-9H2,1-3H3. The van der Waals surface area contributed by atoms with Gasteiger partial charge in [0.25, 0.3) is 0 Å². The lowest BCUT2D eigenvalue weighted by Gasteiger charge is -2.32. The summed E-state index contributed by atoms with van der Waals surface area (Å²) < 4.78 is 5.63. The minimum atomic E-state index is -0.801. The van der Waals surface area contributed by atoms with Crippen LogP contribution in [0, 0.1) is 0 Å². The number of rotatable bonds is 5. The summed E-state index contributed by atoms with van der Waals surface area (Å²) in [5.41, 5.74) is 0.157. The Bertz CT molecular complexity index is 507. The largest absolute Gasteiger partial charge is 0.492 e. The summed E-state index contributed by atoms with van der Waals surface area (Å²) in [5, 5.41) is 14.9. The molecule has 1 heterocycles. The van der Waals surface area contributed by atoms with Crippen molar-refractivity contribution in [2.75, 3.05) is 33.8 Å². The van der Waals surface area contributed by atoms with E-state index in [1.807, 2.05) is 32.0 Å². The van der Waals surface area contributed by atoms with E-state index in [1.165, 1.54) is 0 Å². The van der Waals surface area contributed by atoms with Crippen molar-refractivity contribution in [3.8, 4) is 5.75 Å². The van der Waals surface area contributed by atoms with Crippen molar-refractivity contribution in [2.24, 2.45) is 0 Å². The van der Waals surface area contributed by atoms with Gasteiger partial charge in [0.2, 0.25) is 0 Å². The number of nitrogens with zero attached hydrogens (tertiary/aromatic N) is 1. The van der Waals surface area contributed by atoms with Gasteiger partial charge in [0.15, 0.2) is 0 Å². The molecule has 118 valence electrons. The van der Waals surface area contributed by atoms with Gasteiger partial charge in [-0.1, -0.05) is 23.2 Å². The molecule has 0 fully saturated rings. The molecule has 0 amide bonds. The SMILES string of the molecule is CN(C)CC(C)(O)CNC1CCOc2c(Cl)cc(Cl)cc21. The summed E-state index contributed by atoms with van der Waals surface area (Å²) in [6, 6.07) is 3.64. The lowest BCUT2D eigenvalue weighted by Crippen LogP contribution is -2.46. The van der Waals surface area contributed by atoms with Crippen molar-refractivity contribution in [3.05, 3.63) is 27.7 Å². The molecule has 0 bridgehead atoms. The molecule has 0 radical (unpaired) electrons.